The highest BCUT2D eigenvalue weighted by Gasteiger charge is 2.23. The van der Waals surface area contributed by atoms with E-state index in [-0.39, 0.29) is 10.8 Å². The molecule has 3 aromatic heterocycles. The lowest BCUT2D eigenvalue weighted by atomic mass is 10.0. The third-order valence-electron chi connectivity index (χ3n) is 7.11. The average molecular weight is 532 g/mol. The highest BCUT2D eigenvalue weighted by atomic mass is 32.2. The second-order valence-corrected chi connectivity index (χ2v) is 11.5. The number of nitrogens with two attached hydrogens (primary N) is 1. The fraction of sp³-hybridized carbons (Fsp3) is 0.296. The first-order chi connectivity index (χ1) is 18.3. The molecule has 1 aliphatic heterocycles. The van der Waals surface area contributed by atoms with E-state index < -0.39 is 10.0 Å². The van der Waals surface area contributed by atoms with Crippen molar-refractivity contribution in [1.29, 1.82) is 0 Å². The normalized spacial score (nSPS) is 14.9. The van der Waals surface area contributed by atoms with E-state index in [9.17, 15) is 8.42 Å². The van der Waals surface area contributed by atoms with Crippen LogP contribution in [0.1, 0.15) is 24.1 Å². The van der Waals surface area contributed by atoms with E-state index in [0.29, 0.717) is 22.8 Å². The van der Waals surface area contributed by atoms with E-state index in [4.69, 9.17) is 10.5 Å². The molecule has 1 aliphatic rings. The van der Waals surface area contributed by atoms with Gasteiger partial charge in [-0.25, -0.2) is 0 Å². The Morgan fingerprint density at radius 3 is 2.55 bits per heavy atom. The maximum atomic E-state index is 13.5. The lowest BCUT2D eigenvalue weighted by molar-refractivity contribution is 0.0699. The molecule has 0 saturated carbocycles. The van der Waals surface area contributed by atoms with Gasteiger partial charge in [0, 0.05) is 30.7 Å². The van der Waals surface area contributed by atoms with Crippen LogP contribution in [0.25, 0.3) is 27.7 Å². The third-order valence-corrected chi connectivity index (χ3v) is 8.71. The van der Waals surface area contributed by atoms with E-state index in [0.717, 1.165) is 64.6 Å². The van der Waals surface area contributed by atoms with Gasteiger partial charge in [0.25, 0.3) is 10.0 Å². The van der Waals surface area contributed by atoms with Crippen molar-refractivity contribution in [3.63, 3.8) is 0 Å². The summed E-state index contributed by atoms with van der Waals surface area (Å²) in [6.45, 7) is 6.10. The maximum Gasteiger partial charge on any atom is 0.283 e. The molecule has 0 amide bonds. The highest BCUT2D eigenvalue weighted by Crippen LogP contribution is 2.32. The molecule has 1 saturated heterocycles. The molecule has 196 valence electrons. The summed E-state index contributed by atoms with van der Waals surface area (Å²) in [5, 5.41) is 13.1. The quantitative estimate of drug-likeness (QED) is 0.336. The van der Waals surface area contributed by atoms with E-state index in [1.165, 1.54) is 0 Å². The van der Waals surface area contributed by atoms with Gasteiger partial charge in [0.05, 0.1) is 16.1 Å². The van der Waals surface area contributed by atoms with E-state index in [2.05, 4.69) is 20.5 Å². The Labute approximate surface area is 220 Å². The lowest BCUT2D eigenvalue weighted by Gasteiger charge is -2.22. The van der Waals surface area contributed by atoms with Crippen molar-refractivity contribution in [2.45, 2.75) is 31.6 Å². The zero-order valence-corrected chi connectivity index (χ0v) is 22.1. The van der Waals surface area contributed by atoms with Crippen LogP contribution in [0.4, 0.5) is 11.8 Å². The topological polar surface area (TPSA) is 129 Å². The Morgan fingerprint density at radius 2 is 1.79 bits per heavy atom. The first kappa shape index (κ1) is 24.4. The van der Waals surface area contributed by atoms with Crippen LogP contribution < -0.4 is 11.1 Å². The fourth-order valence-electron chi connectivity index (χ4n) is 4.94. The molecule has 0 bridgehead atoms. The number of fused-ring (bicyclic) bond motifs is 2. The first-order valence-electron chi connectivity index (χ1n) is 12.6. The van der Waals surface area contributed by atoms with Crippen molar-refractivity contribution >= 4 is 38.3 Å². The van der Waals surface area contributed by atoms with Crippen molar-refractivity contribution in [2.24, 2.45) is 5.92 Å². The molecule has 11 heteroatoms. The molecule has 10 nitrogen and oxygen atoms in total. The van der Waals surface area contributed by atoms with Crippen molar-refractivity contribution in [1.82, 2.24) is 23.8 Å². The molecule has 4 heterocycles. The SMILES string of the molecule is Cc1ccc(S(=O)(=O)n2nc(C)c3ccc(-c4ccc(NCC5CCOCC5)n5nc(N)nc45)cc32)cc1. The number of benzene rings is 2. The fourth-order valence-corrected chi connectivity index (χ4v) is 6.26. The van der Waals surface area contributed by atoms with Gasteiger partial charge >= 0.3 is 0 Å². The third kappa shape index (κ3) is 4.27. The number of hydrogen-bond acceptors (Lipinski definition) is 8. The smallest absolute Gasteiger partial charge is 0.283 e. The molecule has 6 rings (SSSR count). The summed E-state index contributed by atoms with van der Waals surface area (Å²) in [5.41, 5.74) is 10.3. The Balaban J connectivity index is 1.42. The van der Waals surface area contributed by atoms with E-state index in [1.54, 1.807) is 35.7 Å². The summed E-state index contributed by atoms with van der Waals surface area (Å²) in [5.74, 6) is 1.49. The molecule has 0 spiro atoms. The summed E-state index contributed by atoms with van der Waals surface area (Å²) in [4.78, 5) is 4.67. The van der Waals surface area contributed by atoms with Gasteiger partial charge in [-0.3, -0.25) is 0 Å². The minimum Gasteiger partial charge on any atom is -0.381 e. The van der Waals surface area contributed by atoms with Gasteiger partial charge in [-0.15, -0.1) is 5.10 Å². The standard InChI is InChI=1S/C27H29N7O3S/c1-17-3-6-21(7-4-17)38(35,36)34-24-15-20(5-8-22(24)18(2)31-34)23-9-10-25(33-26(23)30-27(28)32-33)29-16-19-11-13-37-14-12-19/h3-10,15,19,29H,11-14,16H2,1-2H3,(H2,28,32). The molecular weight excluding hydrogens is 502 g/mol. The summed E-state index contributed by atoms with van der Waals surface area (Å²) in [7, 11) is -3.89. The maximum absolute atomic E-state index is 13.5. The van der Waals surface area contributed by atoms with Crippen LogP contribution in [-0.4, -0.2) is 52.0 Å². The molecule has 0 unspecified atom stereocenters. The van der Waals surface area contributed by atoms with Crippen LogP contribution in [0.5, 0.6) is 0 Å². The van der Waals surface area contributed by atoms with Gasteiger partial charge in [0.1, 0.15) is 5.82 Å². The van der Waals surface area contributed by atoms with Gasteiger partial charge in [-0.2, -0.15) is 27.1 Å². The van der Waals surface area contributed by atoms with Crippen molar-refractivity contribution in [2.75, 3.05) is 30.8 Å². The second kappa shape index (κ2) is 9.41. The minimum absolute atomic E-state index is 0.162. The molecule has 3 N–H and O–H groups in total. The van der Waals surface area contributed by atoms with Gasteiger partial charge in [0.2, 0.25) is 5.95 Å². The van der Waals surface area contributed by atoms with Gasteiger partial charge < -0.3 is 15.8 Å². The molecule has 38 heavy (non-hydrogen) atoms. The lowest BCUT2D eigenvalue weighted by Crippen LogP contribution is -2.23. The number of nitrogens with one attached hydrogen (secondary N) is 1. The number of hydrogen-bond donors (Lipinski definition) is 2. The van der Waals surface area contributed by atoms with Crippen molar-refractivity contribution in [3.8, 4) is 11.1 Å². The second-order valence-electron chi connectivity index (χ2n) is 9.75. The van der Waals surface area contributed by atoms with Gasteiger partial charge in [-0.05, 0) is 68.5 Å². The predicted octanol–water partition coefficient (Wildman–Crippen LogP) is 4.02. The summed E-state index contributed by atoms with van der Waals surface area (Å²) in [6, 6.07) is 16.3. The van der Waals surface area contributed by atoms with Crippen LogP contribution >= 0.6 is 0 Å². The zero-order valence-electron chi connectivity index (χ0n) is 21.3. The highest BCUT2D eigenvalue weighted by molar-refractivity contribution is 7.90. The Bertz CT molecular complexity index is 1750. The Morgan fingerprint density at radius 1 is 1.03 bits per heavy atom. The molecule has 0 radical (unpaired) electrons. The molecule has 1 fully saturated rings. The average Bonchev–Trinajstić information content (AvgIpc) is 3.48. The largest absolute Gasteiger partial charge is 0.381 e. The molecular formula is C27H29N7O3S. The number of nitrogen functional groups attached to an aromatic ring is 1. The minimum atomic E-state index is -3.89. The first-order valence-corrected chi connectivity index (χ1v) is 14.0. The number of pyridine rings is 1. The van der Waals surface area contributed by atoms with Gasteiger partial charge in [-0.1, -0.05) is 29.8 Å². The zero-order chi connectivity index (χ0) is 26.4. The van der Waals surface area contributed by atoms with Crippen LogP contribution in [0.2, 0.25) is 0 Å². The Hall–Kier alpha value is -3.96. The number of aromatic nitrogens is 5. The van der Waals surface area contributed by atoms with Crippen LogP contribution in [-0.2, 0) is 14.8 Å². The number of rotatable bonds is 6. The molecule has 5 aromatic rings. The van der Waals surface area contributed by atoms with Crippen LogP contribution in [0.15, 0.2) is 59.5 Å². The monoisotopic (exact) mass is 531 g/mol. The van der Waals surface area contributed by atoms with E-state index >= 15 is 0 Å². The van der Waals surface area contributed by atoms with Crippen molar-refractivity contribution < 1.29 is 13.2 Å². The number of anilines is 2. The van der Waals surface area contributed by atoms with Gasteiger partial charge in [0.15, 0.2) is 5.65 Å². The molecule has 0 aliphatic carbocycles. The summed E-state index contributed by atoms with van der Waals surface area (Å²) < 4.78 is 35.3. The van der Waals surface area contributed by atoms with Crippen molar-refractivity contribution in [3.05, 3.63) is 65.9 Å². The summed E-state index contributed by atoms with van der Waals surface area (Å²) in [6.07, 6.45) is 2.04. The Kier molecular flexibility index (Phi) is 6.04. The number of ether oxygens (including phenoxy) is 1. The van der Waals surface area contributed by atoms with E-state index in [1.807, 2.05) is 37.3 Å². The predicted molar refractivity (Wildman–Crippen MR) is 147 cm³/mol. The van der Waals surface area contributed by atoms with Crippen LogP contribution in [0.3, 0.4) is 0 Å². The number of aryl methyl sites for hydroxylation is 2. The molecule has 0 atom stereocenters. The molecule has 2 aromatic carbocycles. The summed E-state index contributed by atoms with van der Waals surface area (Å²) >= 11 is 0. The number of nitrogens with zero attached hydrogens (tertiary/aromatic N) is 5. The van der Waals surface area contributed by atoms with Crippen LogP contribution in [0, 0.1) is 19.8 Å².